The molecule has 0 aliphatic rings. The molecule has 0 fully saturated rings. The fourth-order valence-corrected chi connectivity index (χ4v) is 1.96. The number of nitrogens with zero attached hydrogens (tertiary/aromatic N) is 2. The SMILES string of the molecule is Cc1cccc(-c2nnc(COc3ccccc3N)o2)c1. The van der Waals surface area contributed by atoms with Crippen LogP contribution in [0.3, 0.4) is 0 Å². The number of hydrogen-bond acceptors (Lipinski definition) is 5. The van der Waals surface area contributed by atoms with E-state index < -0.39 is 0 Å². The Morgan fingerprint density at radius 1 is 1.10 bits per heavy atom. The molecule has 0 radical (unpaired) electrons. The van der Waals surface area contributed by atoms with Crippen molar-refractivity contribution in [3.63, 3.8) is 0 Å². The number of nitrogen functional groups attached to an aromatic ring is 1. The fourth-order valence-electron chi connectivity index (χ4n) is 1.96. The molecule has 0 unspecified atom stereocenters. The number of para-hydroxylation sites is 2. The lowest BCUT2D eigenvalue weighted by Crippen LogP contribution is -1.98. The van der Waals surface area contributed by atoms with E-state index in [4.69, 9.17) is 14.9 Å². The van der Waals surface area contributed by atoms with Crippen molar-refractivity contribution in [1.29, 1.82) is 0 Å². The zero-order chi connectivity index (χ0) is 14.7. The second kappa shape index (κ2) is 5.66. The number of rotatable bonds is 4. The van der Waals surface area contributed by atoms with Crippen LogP contribution in [0.1, 0.15) is 11.5 Å². The summed E-state index contributed by atoms with van der Waals surface area (Å²) in [6.45, 7) is 2.20. The number of hydrogen-bond donors (Lipinski definition) is 1. The molecule has 0 saturated carbocycles. The molecule has 3 aromatic rings. The van der Waals surface area contributed by atoms with Gasteiger partial charge in [-0.15, -0.1) is 10.2 Å². The summed E-state index contributed by atoms with van der Waals surface area (Å²) in [7, 11) is 0. The molecule has 5 heteroatoms. The van der Waals surface area contributed by atoms with Gasteiger partial charge in [-0.1, -0.05) is 29.8 Å². The fraction of sp³-hybridized carbons (Fsp3) is 0.125. The van der Waals surface area contributed by atoms with Crippen LogP contribution in [0.5, 0.6) is 5.75 Å². The van der Waals surface area contributed by atoms with E-state index in [0.29, 0.717) is 23.2 Å². The maximum Gasteiger partial charge on any atom is 0.254 e. The van der Waals surface area contributed by atoms with Crippen molar-refractivity contribution in [2.75, 3.05) is 5.73 Å². The van der Waals surface area contributed by atoms with Gasteiger partial charge >= 0.3 is 0 Å². The van der Waals surface area contributed by atoms with Crippen molar-refractivity contribution in [1.82, 2.24) is 10.2 Å². The van der Waals surface area contributed by atoms with Crippen molar-refractivity contribution >= 4 is 5.69 Å². The van der Waals surface area contributed by atoms with Crippen LogP contribution < -0.4 is 10.5 Å². The van der Waals surface area contributed by atoms with Gasteiger partial charge in [0.15, 0.2) is 6.61 Å². The summed E-state index contributed by atoms with van der Waals surface area (Å²) >= 11 is 0. The maximum atomic E-state index is 5.81. The Hall–Kier alpha value is -2.82. The average Bonchev–Trinajstić information content (AvgIpc) is 2.95. The van der Waals surface area contributed by atoms with Crippen molar-refractivity contribution in [3.05, 3.63) is 60.0 Å². The highest BCUT2D eigenvalue weighted by molar-refractivity contribution is 5.53. The molecule has 2 aromatic carbocycles. The highest BCUT2D eigenvalue weighted by atomic mass is 16.5. The van der Waals surface area contributed by atoms with E-state index in [1.54, 1.807) is 12.1 Å². The predicted octanol–water partition coefficient (Wildman–Crippen LogP) is 3.21. The predicted molar refractivity (Wildman–Crippen MR) is 79.7 cm³/mol. The third-order valence-corrected chi connectivity index (χ3v) is 3.00. The quantitative estimate of drug-likeness (QED) is 0.743. The van der Waals surface area contributed by atoms with Gasteiger partial charge in [0, 0.05) is 5.56 Å². The maximum absolute atomic E-state index is 5.81. The summed E-state index contributed by atoms with van der Waals surface area (Å²) in [5.74, 6) is 1.50. The van der Waals surface area contributed by atoms with Gasteiger partial charge in [0.1, 0.15) is 5.75 Å². The summed E-state index contributed by atoms with van der Waals surface area (Å²) in [6, 6.07) is 15.2. The smallest absolute Gasteiger partial charge is 0.254 e. The van der Waals surface area contributed by atoms with E-state index in [2.05, 4.69) is 10.2 Å². The number of nitrogens with two attached hydrogens (primary N) is 1. The van der Waals surface area contributed by atoms with Gasteiger partial charge in [0.25, 0.3) is 5.89 Å². The molecule has 3 rings (SSSR count). The summed E-state index contributed by atoms with van der Waals surface area (Å²) in [4.78, 5) is 0. The molecule has 0 atom stereocenters. The Bertz CT molecular complexity index is 753. The van der Waals surface area contributed by atoms with Crippen LogP contribution in [0.4, 0.5) is 5.69 Å². The molecule has 0 aliphatic carbocycles. The van der Waals surface area contributed by atoms with Crippen molar-refractivity contribution in [2.24, 2.45) is 0 Å². The minimum atomic E-state index is 0.188. The molecule has 0 spiro atoms. The Morgan fingerprint density at radius 3 is 2.76 bits per heavy atom. The lowest BCUT2D eigenvalue weighted by atomic mass is 10.1. The summed E-state index contributed by atoms with van der Waals surface area (Å²) in [6.07, 6.45) is 0. The largest absolute Gasteiger partial charge is 0.482 e. The lowest BCUT2D eigenvalue weighted by molar-refractivity contribution is 0.266. The number of benzene rings is 2. The highest BCUT2D eigenvalue weighted by Crippen LogP contribution is 2.22. The second-order valence-corrected chi connectivity index (χ2v) is 4.70. The van der Waals surface area contributed by atoms with Crippen LogP contribution in [0.15, 0.2) is 52.9 Å². The summed E-state index contributed by atoms with van der Waals surface area (Å²) < 4.78 is 11.2. The van der Waals surface area contributed by atoms with Crippen LogP contribution in [-0.2, 0) is 6.61 Å². The number of aryl methyl sites for hydroxylation is 1. The highest BCUT2D eigenvalue weighted by Gasteiger charge is 2.09. The third kappa shape index (κ3) is 3.02. The summed E-state index contributed by atoms with van der Waals surface area (Å²) in [5.41, 5.74) is 8.42. The van der Waals surface area contributed by atoms with Gasteiger partial charge < -0.3 is 14.9 Å². The third-order valence-electron chi connectivity index (χ3n) is 3.00. The zero-order valence-electron chi connectivity index (χ0n) is 11.6. The van der Waals surface area contributed by atoms with E-state index >= 15 is 0 Å². The monoisotopic (exact) mass is 281 g/mol. The van der Waals surface area contributed by atoms with Crippen molar-refractivity contribution in [3.8, 4) is 17.2 Å². The van der Waals surface area contributed by atoms with Gasteiger partial charge in [-0.2, -0.15) is 0 Å². The summed E-state index contributed by atoms with van der Waals surface area (Å²) in [5, 5.41) is 8.02. The lowest BCUT2D eigenvalue weighted by Gasteiger charge is -2.05. The molecule has 1 heterocycles. The first-order valence-corrected chi connectivity index (χ1v) is 6.59. The van der Waals surface area contributed by atoms with Crippen LogP contribution in [0.2, 0.25) is 0 Å². The first kappa shape index (κ1) is 13.2. The van der Waals surface area contributed by atoms with Crippen molar-refractivity contribution in [2.45, 2.75) is 13.5 Å². The molecule has 5 nitrogen and oxygen atoms in total. The molecule has 0 saturated heterocycles. The minimum Gasteiger partial charge on any atom is -0.482 e. The molecular formula is C16H15N3O2. The molecule has 1 aromatic heterocycles. The second-order valence-electron chi connectivity index (χ2n) is 4.70. The minimum absolute atomic E-state index is 0.188. The molecule has 0 bridgehead atoms. The standard InChI is InChI=1S/C16H15N3O2/c1-11-5-4-6-12(9-11)16-19-18-15(21-16)10-20-14-8-3-2-7-13(14)17/h2-9H,10,17H2,1H3. The van der Waals surface area contributed by atoms with E-state index in [1.807, 2.05) is 43.3 Å². The molecule has 106 valence electrons. The van der Waals surface area contributed by atoms with E-state index in [0.717, 1.165) is 11.1 Å². The van der Waals surface area contributed by atoms with E-state index in [-0.39, 0.29) is 6.61 Å². The molecule has 21 heavy (non-hydrogen) atoms. The van der Waals surface area contributed by atoms with Crippen molar-refractivity contribution < 1.29 is 9.15 Å². The van der Waals surface area contributed by atoms with Crippen LogP contribution in [0, 0.1) is 6.92 Å². The molecule has 0 aliphatic heterocycles. The average molecular weight is 281 g/mol. The van der Waals surface area contributed by atoms with Crippen LogP contribution in [-0.4, -0.2) is 10.2 Å². The van der Waals surface area contributed by atoms with Gasteiger partial charge in [0.05, 0.1) is 5.69 Å². The Balaban J connectivity index is 1.72. The van der Waals surface area contributed by atoms with Gasteiger partial charge in [0.2, 0.25) is 5.89 Å². The molecular weight excluding hydrogens is 266 g/mol. The number of anilines is 1. The van der Waals surface area contributed by atoms with Crippen LogP contribution >= 0.6 is 0 Å². The normalized spacial score (nSPS) is 10.5. The molecule has 0 amide bonds. The Labute approximate surface area is 122 Å². The topological polar surface area (TPSA) is 74.2 Å². The van der Waals surface area contributed by atoms with E-state index in [1.165, 1.54) is 0 Å². The van der Waals surface area contributed by atoms with Gasteiger partial charge in [-0.25, -0.2) is 0 Å². The number of ether oxygens (including phenoxy) is 1. The molecule has 2 N–H and O–H groups in total. The Morgan fingerprint density at radius 2 is 1.95 bits per heavy atom. The Kier molecular flexibility index (Phi) is 3.55. The van der Waals surface area contributed by atoms with Gasteiger partial charge in [-0.05, 0) is 31.2 Å². The van der Waals surface area contributed by atoms with E-state index in [9.17, 15) is 0 Å². The zero-order valence-corrected chi connectivity index (χ0v) is 11.6. The number of aromatic nitrogens is 2. The van der Waals surface area contributed by atoms with Crippen LogP contribution in [0.25, 0.3) is 11.5 Å². The first-order valence-electron chi connectivity index (χ1n) is 6.59. The first-order chi connectivity index (χ1) is 10.2. The van der Waals surface area contributed by atoms with Gasteiger partial charge in [-0.3, -0.25) is 0 Å².